The molecule has 0 saturated heterocycles. The van der Waals surface area contributed by atoms with Crippen LogP contribution in [0.2, 0.25) is 0 Å². The number of aromatic amines is 1. The lowest BCUT2D eigenvalue weighted by atomic mass is 10.1. The maximum absolute atomic E-state index is 5.53. The van der Waals surface area contributed by atoms with E-state index >= 15 is 0 Å². The fraction of sp³-hybridized carbons (Fsp3) is 0.357. The minimum atomic E-state index is 0.560. The maximum atomic E-state index is 5.53. The van der Waals surface area contributed by atoms with Crippen molar-refractivity contribution in [2.75, 3.05) is 27.4 Å². The fourth-order valence-electron chi connectivity index (χ4n) is 1.85. The summed E-state index contributed by atoms with van der Waals surface area (Å²) in [5, 5.41) is 10.2. The van der Waals surface area contributed by atoms with Gasteiger partial charge in [0.05, 0.1) is 18.5 Å². The summed E-state index contributed by atoms with van der Waals surface area (Å²) in [7, 11) is 3.58. The van der Waals surface area contributed by atoms with Gasteiger partial charge in [0.1, 0.15) is 12.4 Å². The van der Waals surface area contributed by atoms with Crippen LogP contribution in [0.5, 0.6) is 5.75 Å². The summed E-state index contributed by atoms with van der Waals surface area (Å²) in [6.45, 7) is 1.94. The van der Waals surface area contributed by atoms with Gasteiger partial charge in [-0.05, 0) is 31.3 Å². The molecule has 0 aliphatic heterocycles. The molecule has 2 N–H and O–H groups in total. The summed E-state index contributed by atoms with van der Waals surface area (Å²) >= 11 is 0. The molecule has 1 aromatic heterocycles. The smallest absolute Gasteiger partial charge is 0.119 e. The molecule has 0 aliphatic carbocycles. The first-order valence-electron chi connectivity index (χ1n) is 6.24. The average molecular weight is 261 g/mol. The fourth-order valence-corrected chi connectivity index (χ4v) is 1.85. The van der Waals surface area contributed by atoms with Gasteiger partial charge in [-0.15, -0.1) is 0 Å². The van der Waals surface area contributed by atoms with E-state index in [2.05, 4.69) is 15.5 Å². The molecule has 0 atom stereocenters. The van der Waals surface area contributed by atoms with E-state index in [-0.39, 0.29) is 0 Å². The summed E-state index contributed by atoms with van der Waals surface area (Å²) < 4.78 is 10.5. The zero-order chi connectivity index (χ0) is 13.5. The van der Waals surface area contributed by atoms with Crippen LogP contribution >= 0.6 is 0 Å². The first kappa shape index (κ1) is 13.6. The van der Waals surface area contributed by atoms with Crippen molar-refractivity contribution in [2.45, 2.75) is 6.54 Å². The molecule has 0 radical (unpaired) electrons. The highest BCUT2D eigenvalue weighted by Crippen LogP contribution is 2.23. The van der Waals surface area contributed by atoms with E-state index < -0.39 is 0 Å². The van der Waals surface area contributed by atoms with Crippen molar-refractivity contribution in [1.82, 2.24) is 15.5 Å². The highest BCUT2D eigenvalue weighted by Gasteiger charge is 2.06. The summed E-state index contributed by atoms with van der Waals surface area (Å²) in [5.74, 6) is 0.843. The average Bonchev–Trinajstić information content (AvgIpc) is 2.89. The van der Waals surface area contributed by atoms with Gasteiger partial charge < -0.3 is 14.8 Å². The van der Waals surface area contributed by atoms with Crippen LogP contribution in [0.3, 0.4) is 0 Å². The lowest BCUT2D eigenvalue weighted by Gasteiger charge is -2.07. The topological polar surface area (TPSA) is 59.2 Å². The van der Waals surface area contributed by atoms with E-state index in [0.29, 0.717) is 13.2 Å². The molecule has 0 unspecified atom stereocenters. The number of nitrogens with one attached hydrogen (secondary N) is 2. The molecule has 0 spiro atoms. The molecule has 2 aromatic rings. The Morgan fingerprint density at radius 1 is 1.21 bits per heavy atom. The Balaban J connectivity index is 2.07. The molecule has 5 nitrogen and oxygen atoms in total. The van der Waals surface area contributed by atoms with Crippen LogP contribution in [-0.4, -0.2) is 37.6 Å². The van der Waals surface area contributed by atoms with E-state index in [0.717, 1.165) is 29.1 Å². The monoisotopic (exact) mass is 261 g/mol. The highest BCUT2D eigenvalue weighted by atomic mass is 16.5. The highest BCUT2D eigenvalue weighted by molar-refractivity contribution is 5.63. The summed E-state index contributed by atoms with van der Waals surface area (Å²) in [5.41, 5.74) is 3.29. The molecule has 0 amide bonds. The molecule has 5 heteroatoms. The Labute approximate surface area is 112 Å². The van der Waals surface area contributed by atoms with Crippen molar-refractivity contribution in [3.8, 4) is 17.0 Å². The third-order valence-corrected chi connectivity index (χ3v) is 2.78. The van der Waals surface area contributed by atoms with Crippen LogP contribution in [0, 0.1) is 0 Å². The standard InChI is InChI=1S/C14H19N3O2/c1-15-9-12-10-16-17-14(12)11-3-5-13(6-4-11)19-8-7-18-2/h3-6,10,15H,7-9H2,1-2H3,(H,16,17). The number of hydrogen-bond donors (Lipinski definition) is 2. The molecule has 102 valence electrons. The Hall–Kier alpha value is -1.85. The molecule has 0 aliphatic rings. The van der Waals surface area contributed by atoms with E-state index in [9.17, 15) is 0 Å². The van der Waals surface area contributed by atoms with Gasteiger partial charge in [0.2, 0.25) is 0 Å². The van der Waals surface area contributed by atoms with Crippen molar-refractivity contribution in [2.24, 2.45) is 0 Å². The van der Waals surface area contributed by atoms with Gasteiger partial charge in [-0.25, -0.2) is 0 Å². The van der Waals surface area contributed by atoms with Gasteiger partial charge in [0, 0.05) is 24.8 Å². The molecule has 0 saturated carbocycles. The number of hydrogen-bond acceptors (Lipinski definition) is 4. The predicted octanol–water partition coefficient (Wildman–Crippen LogP) is 1.82. The van der Waals surface area contributed by atoms with Crippen molar-refractivity contribution < 1.29 is 9.47 Å². The van der Waals surface area contributed by atoms with Crippen LogP contribution in [0.4, 0.5) is 0 Å². The number of H-pyrrole nitrogens is 1. The van der Waals surface area contributed by atoms with Crippen LogP contribution < -0.4 is 10.1 Å². The van der Waals surface area contributed by atoms with Crippen molar-refractivity contribution in [3.05, 3.63) is 36.0 Å². The summed E-state index contributed by atoms with van der Waals surface area (Å²) in [6, 6.07) is 7.95. The van der Waals surface area contributed by atoms with Gasteiger partial charge in [-0.1, -0.05) is 0 Å². The molecule has 0 bridgehead atoms. The number of benzene rings is 1. The van der Waals surface area contributed by atoms with Crippen LogP contribution in [0.25, 0.3) is 11.3 Å². The summed E-state index contributed by atoms with van der Waals surface area (Å²) in [4.78, 5) is 0. The molecule has 1 heterocycles. The quantitative estimate of drug-likeness (QED) is 0.746. The predicted molar refractivity (Wildman–Crippen MR) is 74.2 cm³/mol. The van der Waals surface area contributed by atoms with E-state index in [1.54, 1.807) is 7.11 Å². The number of methoxy groups -OCH3 is 1. The molecule has 1 aromatic carbocycles. The largest absolute Gasteiger partial charge is 0.491 e. The van der Waals surface area contributed by atoms with Gasteiger partial charge in [-0.3, -0.25) is 5.10 Å². The second-order valence-corrected chi connectivity index (χ2v) is 4.17. The lowest BCUT2D eigenvalue weighted by molar-refractivity contribution is 0.146. The molecule has 19 heavy (non-hydrogen) atoms. The molecular formula is C14H19N3O2. The minimum absolute atomic E-state index is 0.560. The zero-order valence-electron chi connectivity index (χ0n) is 11.3. The van der Waals surface area contributed by atoms with Crippen molar-refractivity contribution in [3.63, 3.8) is 0 Å². The summed E-state index contributed by atoms with van der Waals surface area (Å²) in [6.07, 6.45) is 1.84. The number of rotatable bonds is 7. The second-order valence-electron chi connectivity index (χ2n) is 4.17. The van der Waals surface area contributed by atoms with Gasteiger partial charge in [-0.2, -0.15) is 5.10 Å². The number of ether oxygens (including phenoxy) is 2. The maximum Gasteiger partial charge on any atom is 0.119 e. The Bertz CT molecular complexity index is 494. The van der Waals surface area contributed by atoms with Crippen LogP contribution in [0.1, 0.15) is 5.56 Å². The van der Waals surface area contributed by atoms with E-state index in [4.69, 9.17) is 9.47 Å². The second kappa shape index (κ2) is 6.92. The van der Waals surface area contributed by atoms with Gasteiger partial charge in [0.15, 0.2) is 0 Å². The first-order chi connectivity index (χ1) is 9.35. The van der Waals surface area contributed by atoms with Crippen molar-refractivity contribution in [1.29, 1.82) is 0 Å². The van der Waals surface area contributed by atoms with Crippen LogP contribution in [-0.2, 0) is 11.3 Å². The third-order valence-electron chi connectivity index (χ3n) is 2.78. The molecular weight excluding hydrogens is 242 g/mol. The third kappa shape index (κ3) is 3.56. The zero-order valence-corrected chi connectivity index (χ0v) is 11.3. The first-order valence-corrected chi connectivity index (χ1v) is 6.24. The van der Waals surface area contributed by atoms with E-state index in [1.165, 1.54) is 0 Å². The number of nitrogens with zero attached hydrogens (tertiary/aromatic N) is 1. The Kier molecular flexibility index (Phi) is 4.94. The number of aromatic nitrogens is 2. The minimum Gasteiger partial charge on any atom is -0.491 e. The Morgan fingerprint density at radius 3 is 2.68 bits per heavy atom. The van der Waals surface area contributed by atoms with Gasteiger partial charge in [0.25, 0.3) is 0 Å². The normalized spacial score (nSPS) is 10.6. The SMILES string of the molecule is CNCc1cn[nH]c1-c1ccc(OCCOC)cc1. The van der Waals surface area contributed by atoms with Crippen molar-refractivity contribution >= 4 is 0 Å². The van der Waals surface area contributed by atoms with Gasteiger partial charge >= 0.3 is 0 Å². The lowest BCUT2D eigenvalue weighted by Crippen LogP contribution is -2.05. The van der Waals surface area contributed by atoms with Crippen LogP contribution in [0.15, 0.2) is 30.5 Å². The van der Waals surface area contributed by atoms with E-state index in [1.807, 2.05) is 37.5 Å². The molecule has 2 rings (SSSR count). The Morgan fingerprint density at radius 2 is 2.00 bits per heavy atom. The molecule has 0 fully saturated rings.